The Morgan fingerprint density at radius 2 is 1.97 bits per heavy atom. The van der Waals surface area contributed by atoms with Gasteiger partial charge in [-0.1, -0.05) is 17.9 Å². The van der Waals surface area contributed by atoms with Crippen molar-refractivity contribution < 1.29 is 23.5 Å². The number of benzene rings is 2. The van der Waals surface area contributed by atoms with Crippen LogP contribution in [-0.2, 0) is 11.3 Å². The quantitative estimate of drug-likeness (QED) is 0.343. The van der Waals surface area contributed by atoms with E-state index in [1.165, 1.54) is 18.1 Å². The highest BCUT2D eigenvalue weighted by Gasteiger charge is 2.48. The lowest BCUT2D eigenvalue weighted by atomic mass is 9.99. The van der Waals surface area contributed by atoms with Gasteiger partial charge in [-0.2, -0.15) is 0 Å². The Bertz CT molecular complexity index is 1480. The molecule has 1 fully saturated rings. The molecule has 0 radical (unpaired) electrons. The molecule has 3 heterocycles. The highest BCUT2D eigenvalue weighted by atomic mass is 19.1. The molecule has 0 bridgehead atoms. The number of ether oxygens (including phenoxy) is 1. The SMILES string of the molecule is COc1ccc2c(c1F)C(=O)N(CC1(C#Cc3ccc4c(=O)[nH][nH]c4c3)NC(=O)NC1=O)C2. The fourth-order valence-electron chi connectivity index (χ4n) is 3.99. The molecule has 2 aromatic carbocycles. The lowest BCUT2D eigenvalue weighted by molar-refractivity contribution is -0.122. The first-order valence-electron chi connectivity index (χ1n) is 9.83. The highest BCUT2D eigenvalue weighted by molar-refractivity contribution is 6.10. The largest absolute Gasteiger partial charge is 0.494 e. The van der Waals surface area contributed by atoms with Crippen molar-refractivity contribution in [2.45, 2.75) is 12.1 Å². The van der Waals surface area contributed by atoms with Crippen LogP contribution in [0.4, 0.5) is 9.18 Å². The van der Waals surface area contributed by atoms with E-state index in [0.717, 1.165) is 0 Å². The zero-order chi connectivity index (χ0) is 23.3. The minimum atomic E-state index is -1.74. The first-order chi connectivity index (χ1) is 15.8. The maximum Gasteiger partial charge on any atom is 0.323 e. The maximum atomic E-state index is 14.7. The lowest BCUT2D eigenvalue weighted by Crippen LogP contribution is -2.54. The second-order valence-corrected chi connectivity index (χ2v) is 7.68. The smallest absolute Gasteiger partial charge is 0.323 e. The number of carbonyl (C=O) groups excluding carboxylic acids is 3. The van der Waals surface area contributed by atoms with Gasteiger partial charge in [-0.25, -0.2) is 9.18 Å². The van der Waals surface area contributed by atoms with Crippen LogP contribution in [0.2, 0.25) is 0 Å². The van der Waals surface area contributed by atoms with E-state index >= 15 is 0 Å². The van der Waals surface area contributed by atoms with E-state index < -0.39 is 29.2 Å². The fourth-order valence-corrected chi connectivity index (χ4v) is 3.99. The number of nitrogens with zero attached hydrogens (tertiary/aromatic N) is 1. The van der Waals surface area contributed by atoms with Crippen molar-refractivity contribution in [3.8, 4) is 17.6 Å². The third kappa shape index (κ3) is 3.20. The third-order valence-electron chi connectivity index (χ3n) is 5.64. The van der Waals surface area contributed by atoms with Crippen molar-refractivity contribution in [2.75, 3.05) is 13.7 Å². The van der Waals surface area contributed by atoms with Crippen molar-refractivity contribution in [2.24, 2.45) is 0 Å². The number of hydrogen-bond donors (Lipinski definition) is 4. The number of carbonyl (C=O) groups is 3. The second-order valence-electron chi connectivity index (χ2n) is 7.68. The minimum Gasteiger partial charge on any atom is -0.494 e. The van der Waals surface area contributed by atoms with Crippen LogP contribution in [-0.4, -0.2) is 52.1 Å². The third-order valence-corrected chi connectivity index (χ3v) is 5.64. The molecule has 0 spiro atoms. The summed E-state index contributed by atoms with van der Waals surface area (Å²) in [7, 11) is 1.30. The normalized spacial score (nSPS) is 19.2. The van der Waals surface area contributed by atoms with Gasteiger partial charge in [0.25, 0.3) is 17.4 Å². The number of rotatable bonds is 3. The van der Waals surface area contributed by atoms with E-state index in [0.29, 0.717) is 22.0 Å². The number of aromatic nitrogens is 2. The topological polar surface area (TPSA) is 136 Å². The first kappa shape index (κ1) is 20.3. The summed E-state index contributed by atoms with van der Waals surface area (Å²) in [5.74, 6) is 3.38. The highest BCUT2D eigenvalue weighted by Crippen LogP contribution is 2.32. The number of H-pyrrole nitrogens is 2. The summed E-state index contributed by atoms with van der Waals surface area (Å²) in [6.45, 7) is -0.256. The Morgan fingerprint density at radius 1 is 1.15 bits per heavy atom. The Kier molecular flexibility index (Phi) is 4.45. The molecule has 3 aromatic rings. The molecule has 1 unspecified atom stereocenters. The van der Waals surface area contributed by atoms with E-state index in [2.05, 4.69) is 32.7 Å². The molecular formula is C22H16FN5O5. The van der Waals surface area contributed by atoms with Crippen molar-refractivity contribution >= 4 is 28.7 Å². The average Bonchev–Trinajstić information content (AvgIpc) is 3.41. The molecule has 33 heavy (non-hydrogen) atoms. The number of aromatic amines is 2. The predicted molar refractivity (Wildman–Crippen MR) is 113 cm³/mol. The zero-order valence-electron chi connectivity index (χ0n) is 17.2. The Balaban J connectivity index is 1.49. The summed E-state index contributed by atoms with van der Waals surface area (Å²) >= 11 is 0. The van der Waals surface area contributed by atoms with Gasteiger partial charge in [-0.15, -0.1) is 0 Å². The van der Waals surface area contributed by atoms with Gasteiger partial charge < -0.3 is 15.0 Å². The lowest BCUT2D eigenvalue weighted by Gasteiger charge is -2.26. The molecule has 5 rings (SSSR count). The predicted octanol–water partition coefficient (Wildman–Crippen LogP) is 0.590. The van der Waals surface area contributed by atoms with Crippen LogP contribution in [0.1, 0.15) is 21.5 Å². The van der Waals surface area contributed by atoms with E-state index in [1.807, 2.05) is 0 Å². The molecular weight excluding hydrogens is 433 g/mol. The summed E-state index contributed by atoms with van der Waals surface area (Å²) in [6, 6.07) is 7.03. The number of nitrogens with one attached hydrogen (secondary N) is 4. The average molecular weight is 449 g/mol. The van der Waals surface area contributed by atoms with E-state index in [1.54, 1.807) is 24.3 Å². The van der Waals surface area contributed by atoms with Crippen LogP contribution in [0, 0.1) is 17.7 Å². The molecule has 1 saturated heterocycles. The number of methoxy groups -OCH3 is 1. The van der Waals surface area contributed by atoms with Gasteiger partial charge in [-0.05, 0) is 29.8 Å². The number of fused-ring (bicyclic) bond motifs is 2. The zero-order valence-corrected chi connectivity index (χ0v) is 17.2. The number of hydrogen-bond acceptors (Lipinski definition) is 5. The van der Waals surface area contributed by atoms with Gasteiger partial charge in [0.1, 0.15) is 0 Å². The van der Waals surface area contributed by atoms with Crippen molar-refractivity contribution in [1.29, 1.82) is 0 Å². The van der Waals surface area contributed by atoms with Gasteiger partial charge in [0.15, 0.2) is 11.6 Å². The molecule has 0 saturated carbocycles. The summed E-state index contributed by atoms with van der Waals surface area (Å²) < 4.78 is 19.6. The maximum absolute atomic E-state index is 14.7. The fraction of sp³-hybridized carbons (Fsp3) is 0.182. The monoisotopic (exact) mass is 449 g/mol. The van der Waals surface area contributed by atoms with E-state index in [-0.39, 0.29) is 30.0 Å². The standard InChI is InChI=1S/C22H16FN5O5/c1-33-15-5-3-12-9-28(19(30)16(12)17(15)23)10-22(20(31)24-21(32)25-22)7-6-11-2-4-13-14(8-11)26-27-18(13)29/h2-5,8H,9-10H2,1H3,(H2,26,27,29)(H2,24,25,31,32). The first-order valence-corrected chi connectivity index (χ1v) is 9.83. The molecule has 166 valence electrons. The molecule has 2 aliphatic rings. The number of amides is 4. The number of halogens is 1. The second kappa shape index (κ2) is 7.23. The van der Waals surface area contributed by atoms with E-state index in [9.17, 15) is 23.6 Å². The van der Waals surface area contributed by atoms with Gasteiger partial charge in [0.05, 0.1) is 30.1 Å². The Labute approximate surface area is 185 Å². The molecule has 4 amide bonds. The number of imide groups is 1. The van der Waals surface area contributed by atoms with Gasteiger partial charge in [-0.3, -0.25) is 29.9 Å². The van der Waals surface area contributed by atoms with Crippen molar-refractivity contribution in [3.05, 3.63) is 63.2 Å². The van der Waals surface area contributed by atoms with Gasteiger partial charge in [0, 0.05) is 12.1 Å². The molecule has 2 aliphatic heterocycles. The van der Waals surface area contributed by atoms with Gasteiger partial charge >= 0.3 is 6.03 Å². The molecule has 11 heteroatoms. The Hall–Kier alpha value is -4.59. The van der Waals surface area contributed by atoms with Crippen LogP contribution in [0.15, 0.2) is 35.1 Å². The van der Waals surface area contributed by atoms with Crippen LogP contribution in [0.25, 0.3) is 10.9 Å². The van der Waals surface area contributed by atoms with Crippen LogP contribution >= 0.6 is 0 Å². The molecule has 0 aliphatic carbocycles. The van der Waals surface area contributed by atoms with Crippen molar-refractivity contribution in [3.63, 3.8) is 0 Å². The number of urea groups is 1. The minimum absolute atomic E-state index is 0.0399. The van der Waals surface area contributed by atoms with Gasteiger partial charge in [0.2, 0.25) is 5.54 Å². The Morgan fingerprint density at radius 3 is 2.70 bits per heavy atom. The van der Waals surface area contributed by atoms with Crippen molar-refractivity contribution in [1.82, 2.24) is 25.7 Å². The van der Waals surface area contributed by atoms with Crippen LogP contribution < -0.4 is 20.9 Å². The van der Waals surface area contributed by atoms with Crippen LogP contribution in [0.3, 0.4) is 0 Å². The summed E-state index contributed by atoms with van der Waals surface area (Å²) in [5.41, 5.74) is -0.722. The van der Waals surface area contributed by atoms with Crippen LogP contribution in [0.5, 0.6) is 5.75 Å². The molecule has 4 N–H and O–H groups in total. The summed E-state index contributed by atoms with van der Waals surface area (Å²) in [5, 5.41) is 10.3. The van der Waals surface area contributed by atoms with E-state index in [4.69, 9.17) is 4.74 Å². The summed E-state index contributed by atoms with van der Waals surface area (Å²) in [4.78, 5) is 50.5. The molecule has 1 aromatic heterocycles. The molecule has 10 nitrogen and oxygen atoms in total. The summed E-state index contributed by atoms with van der Waals surface area (Å²) in [6.07, 6.45) is 0. The molecule has 1 atom stereocenters.